The Labute approximate surface area is 143 Å². The van der Waals surface area contributed by atoms with Crippen LogP contribution in [0.15, 0.2) is 61.1 Å². The number of rotatable bonds is 3. The molecule has 124 valence electrons. The summed E-state index contributed by atoms with van der Waals surface area (Å²) in [6.45, 7) is 0. The quantitative estimate of drug-likeness (QED) is 0.740. The number of esters is 1. The highest BCUT2D eigenvalue weighted by molar-refractivity contribution is 6.00. The van der Waals surface area contributed by atoms with Gasteiger partial charge >= 0.3 is 5.97 Å². The number of nitrogens with one attached hydrogen (secondary N) is 1. The SMILES string of the molecule is O=C1O[C@H](C(=O)Nc2ccc(-n3cccn3)nc2)Cc2ccccc21. The first kappa shape index (κ1) is 15.1. The first-order valence-electron chi connectivity index (χ1n) is 7.76. The lowest BCUT2D eigenvalue weighted by atomic mass is 9.98. The highest BCUT2D eigenvalue weighted by atomic mass is 16.5. The maximum Gasteiger partial charge on any atom is 0.339 e. The van der Waals surface area contributed by atoms with Gasteiger partial charge in [0.2, 0.25) is 0 Å². The summed E-state index contributed by atoms with van der Waals surface area (Å²) in [7, 11) is 0. The molecule has 0 fully saturated rings. The van der Waals surface area contributed by atoms with Crippen molar-refractivity contribution >= 4 is 17.6 Å². The molecule has 0 bridgehead atoms. The number of cyclic esters (lactones) is 1. The van der Waals surface area contributed by atoms with Crippen molar-refractivity contribution in [3.05, 3.63) is 72.2 Å². The number of carbonyl (C=O) groups excluding carboxylic acids is 2. The van der Waals surface area contributed by atoms with Gasteiger partial charge in [0.25, 0.3) is 5.91 Å². The van der Waals surface area contributed by atoms with Gasteiger partial charge in [-0.05, 0) is 29.8 Å². The summed E-state index contributed by atoms with van der Waals surface area (Å²) < 4.78 is 6.86. The molecule has 0 saturated heterocycles. The van der Waals surface area contributed by atoms with Gasteiger partial charge in [0.05, 0.1) is 17.4 Å². The second kappa shape index (κ2) is 6.20. The topological polar surface area (TPSA) is 86.1 Å². The first-order chi connectivity index (χ1) is 12.2. The Morgan fingerprint density at radius 1 is 1.20 bits per heavy atom. The van der Waals surface area contributed by atoms with E-state index in [1.807, 2.05) is 12.1 Å². The Balaban J connectivity index is 1.47. The van der Waals surface area contributed by atoms with Crippen LogP contribution in [0.5, 0.6) is 0 Å². The maximum atomic E-state index is 12.4. The monoisotopic (exact) mass is 334 g/mol. The molecule has 1 aliphatic heterocycles. The molecule has 1 aromatic carbocycles. The van der Waals surface area contributed by atoms with E-state index in [2.05, 4.69) is 15.4 Å². The molecule has 4 rings (SSSR count). The molecule has 0 aliphatic carbocycles. The van der Waals surface area contributed by atoms with Crippen molar-refractivity contribution in [1.82, 2.24) is 14.8 Å². The molecule has 2 aromatic heterocycles. The third-order valence-corrected chi connectivity index (χ3v) is 3.94. The van der Waals surface area contributed by atoms with Crippen molar-refractivity contribution in [3.63, 3.8) is 0 Å². The van der Waals surface area contributed by atoms with Crippen LogP contribution in [-0.4, -0.2) is 32.7 Å². The van der Waals surface area contributed by atoms with Crippen molar-refractivity contribution in [2.75, 3.05) is 5.32 Å². The van der Waals surface area contributed by atoms with Crippen LogP contribution in [0.1, 0.15) is 15.9 Å². The zero-order valence-corrected chi connectivity index (χ0v) is 13.1. The van der Waals surface area contributed by atoms with E-state index < -0.39 is 12.1 Å². The minimum absolute atomic E-state index is 0.354. The summed E-state index contributed by atoms with van der Waals surface area (Å²) in [4.78, 5) is 28.7. The maximum absolute atomic E-state index is 12.4. The first-order valence-corrected chi connectivity index (χ1v) is 7.76. The summed E-state index contributed by atoms with van der Waals surface area (Å²) in [6.07, 6.45) is 4.47. The van der Waals surface area contributed by atoms with E-state index in [1.54, 1.807) is 47.4 Å². The summed E-state index contributed by atoms with van der Waals surface area (Å²) in [5, 5.41) is 6.82. The number of benzene rings is 1. The third-order valence-electron chi connectivity index (χ3n) is 3.94. The van der Waals surface area contributed by atoms with Gasteiger partial charge in [0.1, 0.15) is 0 Å². The highest BCUT2D eigenvalue weighted by Crippen LogP contribution is 2.21. The van der Waals surface area contributed by atoms with Gasteiger partial charge in [0.15, 0.2) is 11.9 Å². The molecule has 25 heavy (non-hydrogen) atoms. The summed E-state index contributed by atoms with van der Waals surface area (Å²) in [5.74, 6) is -0.216. The average Bonchev–Trinajstić information content (AvgIpc) is 3.17. The van der Waals surface area contributed by atoms with Gasteiger partial charge in [-0.2, -0.15) is 5.10 Å². The van der Waals surface area contributed by atoms with Crippen LogP contribution < -0.4 is 5.32 Å². The van der Waals surface area contributed by atoms with E-state index in [0.29, 0.717) is 23.5 Å². The Morgan fingerprint density at radius 3 is 2.84 bits per heavy atom. The minimum atomic E-state index is -0.854. The van der Waals surface area contributed by atoms with E-state index in [0.717, 1.165) is 5.56 Å². The summed E-state index contributed by atoms with van der Waals surface area (Å²) >= 11 is 0. The van der Waals surface area contributed by atoms with Crippen molar-refractivity contribution in [2.45, 2.75) is 12.5 Å². The third kappa shape index (κ3) is 2.99. The van der Waals surface area contributed by atoms with Crippen molar-refractivity contribution < 1.29 is 14.3 Å². The zero-order chi connectivity index (χ0) is 17.2. The zero-order valence-electron chi connectivity index (χ0n) is 13.1. The predicted octanol–water partition coefficient (Wildman–Crippen LogP) is 1.99. The van der Waals surface area contributed by atoms with Gasteiger partial charge in [-0.25, -0.2) is 14.5 Å². The number of carbonyl (C=O) groups is 2. The fourth-order valence-electron chi connectivity index (χ4n) is 2.70. The van der Waals surface area contributed by atoms with E-state index in [9.17, 15) is 9.59 Å². The normalized spacial score (nSPS) is 16.0. The van der Waals surface area contributed by atoms with Crippen molar-refractivity contribution in [1.29, 1.82) is 0 Å². The second-order valence-corrected chi connectivity index (χ2v) is 5.60. The molecule has 0 radical (unpaired) electrons. The molecular weight excluding hydrogens is 320 g/mol. The van der Waals surface area contributed by atoms with Gasteiger partial charge in [-0.1, -0.05) is 18.2 Å². The minimum Gasteiger partial charge on any atom is -0.448 e. The van der Waals surface area contributed by atoms with Crippen LogP contribution >= 0.6 is 0 Å². The second-order valence-electron chi connectivity index (χ2n) is 5.60. The lowest BCUT2D eigenvalue weighted by molar-refractivity contribution is -0.125. The Bertz CT molecular complexity index is 920. The molecule has 1 amide bonds. The van der Waals surface area contributed by atoms with Gasteiger partial charge in [-0.3, -0.25) is 4.79 Å². The molecule has 0 spiro atoms. The van der Waals surface area contributed by atoms with E-state index >= 15 is 0 Å². The van der Waals surface area contributed by atoms with Crippen LogP contribution in [0.2, 0.25) is 0 Å². The molecule has 1 N–H and O–H groups in total. The van der Waals surface area contributed by atoms with Crippen LogP contribution in [-0.2, 0) is 16.0 Å². The molecule has 0 saturated carbocycles. The average molecular weight is 334 g/mol. The smallest absolute Gasteiger partial charge is 0.339 e. The predicted molar refractivity (Wildman–Crippen MR) is 89.3 cm³/mol. The molecule has 1 aliphatic rings. The molecule has 7 nitrogen and oxygen atoms in total. The highest BCUT2D eigenvalue weighted by Gasteiger charge is 2.31. The summed E-state index contributed by atoms with van der Waals surface area (Å²) in [6, 6.07) is 12.4. The number of nitrogens with zero attached hydrogens (tertiary/aromatic N) is 3. The molecular formula is C18H14N4O3. The number of pyridine rings is 1. The number of aromatic nitrogens is 3. The molecule has 1 atom stereocenters. The summed E-state index contributed by atoms with van der Waals surface area (Å²) in [5.41, 5.74) is 1.85. The molecule has 7 heteroatoms. The number of hydrogen-bond donors (Lipinski definition) is 1. The molecule has 0 unspecified atom stereocenters. The van der Waals surface area contributed by atoms with Crippen LogP contribution in [0.3, 0.4) is 0 Å². The van der Waals surface area contributed by atoms with Crippen LogP contribution in [0.25, 0.3) is 5.82 Å². The lowest BCUT2D eigenvalue weighted by Crippen LogP contribution is -2.38. The largest absolute Gasteiger partial charge is 0.448 e. The molecule has 3 heterocycles. The standard InChI is InChI=1S/C18H14N4O3/c23-17(15-10-12-4-1-2-5-14(12)18(24)25-15)21-13-6-7-16(19-11-13)22-9-3-8-20-22/h1-9,11,15H,10H2,(H,21,23)/t15-/m0/s1. The van der Waals surface area contributed by atoms with Gasteiger partial charge in [0, 0.05) is 18.8 Å². The van der Waals surface area contributed by atoms with E-state index in [4.69, 9.17) is 4.74 Å². The number of fused-ring (bicyclic) bond motifs is 1. The van der Waals surface area contributed by atoms with Gasteiger partial charge in [-0.15, -0.1) is 0 Å². The van der Waals surface area contributed by atoms with Crippen molar-refractivity contribution in [2.24, 2.45) is 0 Å². The fourth-order valence-corrected chi connectivity index (χ4v) is 2.70. The number of hydrogen-bond acceptors (Lipinski definition) is 5. The van der Waals surface area contributed by atoms with E-state index in [-0.39, 0.29) is 5.91 Å². The van der Waals surface area contributed by atoms with Crippen molar-refractivity contribution in [3.8, 4) is 5.82 Å². The van der Waals surface area contributed by atoms with Crippen LogP contribution in [0, 0.1) is 0 Å². The van der Waals surface area contributed by atoms with E-state index in [1.165, 1.54) is 6.20 Å². The number of amides is 1. The Hall–Kier alpha value is -3.48. The number of anilines is 1. The lowest BCUT2D eigenvalue weighted by Gasteiger charge is -2.23. The fraction of sp³-hybridized carbons (Fsp3) is 0.111. The Morgan fingerprint density at radius 2 is 2.08 bits per heavy atom. The van der Waals surface area contributed by atoms with Crippen LogP contribution in [0.4, 0.5) is 5.69 Å². The molecule has 3 aromatic rings. The Kier molecular flexibility index (Phi) is 3.74. The van der Waals surface area contributed by atoms with Gasteiger partial charge < -0.3 is 10.1 Å². The number of ether oxygens (including phenoxy) is 1.